The molecule has 3 rings (SSSR count). The SMILES string of the molecule is CC1CCN2C(=O)N(c3ccc(F)cc3)C(=O)C2C1. The number of hydrogen-bond acceptors (Lipinski definition) is 2. The lowest BCUT2D eigenvalue weighted by molar-refractivity contribution is -0.120. The molecular weight excluding hydrogens is 247 g/mol. The van der Waals surface area contributed by atoms with Crippen LogP contribution in [0.1, 0.15) is 19.8 Å². The lowest BCUT2D eigenvalue weighted by Gasteiger charge is -2.30. The molecule has 2 aliphatic rings. The van der Waals surface area contributed by atoms with Gasteiger partial charge in [-0.25, -0.2) is 14.1 Å². The highest BCUT2D eigenvalue weighted by atomic mass is 19.1. The van der Waals surface area contributed by atoms with Gasteiger partial charge in [0.2, 0.25) is 0 Å². The molecule has 0 bridgehead atoms. The van der Waals surface area contributed by atoms with Gasteiger partial charge >= 0.3 is 6.03 Å². The fourth-order valence-electron chi connectivity index (χ4n) is 2.80. The van der Waals surface area contributed by atoms with Gasteiger partial charge in [-0.15, -0.1) is 0 Å². The Balaban J connectivity index is 1.93. The van der Waals surface area contributed by atoms with Crippen molar-refractivity contribution in [3.8, 4) is 0 Å². The van der Waals surface area contributed by atoms with E-state index in [1.54, 1.807) is 4.90 Å². The van der Waals surface area contributed by atoms with Crippen LogP contribution in [0.4, 0.5) is 14.9 Å². The Bertz CT molecular complexity index is 529. The predicted molar refractivity (Wildman–Crippen MR) is 68.2 cm³/mol. The van der Waals surface area contributed by atoms with Crippen molar-refractivity contribution in [2.75, 3.05) is 11.4 Å². The number of anilines is 1. The number of hydrogen-bond donors (Lipinski definition) is 0. The van der Waals surface area contributed by atoms with Gasteiger partial charge in [0, 0.05) is 6.54 Å². The van der Waals surface area contributed by atoms with Crippen LogP contribution in [0, 0.1) is 11.7 Å². The zero-order valence-corrected chi connectivity index (χ0v) is 10.7. The van der Waals surface area contributed by atoms with E-state index in [1.165, 1.54) is 29.2 Å². The molecular formula is C14H15FN2O2. The molecule has 2 unspecified atom stereocenters. The second-order valence-electron chi connectivity index (χ2n) is 5.27. The fourth-order valence-corrected chi connectivity index (χ4v) is 2.80. The van der Waals surface area contributed by atoms with Gasteiger partial charge in [0.25, 0.3) is 5.91 Å². The van der Waals surface area contributed by atoms with Gasteiger partial charge in [0.15, 0.2) is 0 Å². The van der Waals surface area contributed by atoms with Crippen LogP contribution in [0.3, 0.4) is 0 Å². The Labute approximate surface area is 110 Å². The third-order valence-corrected chi connectivity index (χ3v) is 3.89. The molecule has 2 heterocycles. The molecule has 2 saturated heterocycles. The number of carbonyl (C=O) groups is 2. The van der Waals surface area contributed by atoms with Crippen LogP contribution >= 0.6 is 0 Å². The molecule has 2 atom stereocenters. The quantitative estimate of drug-likeness (QED) is 0.729. The van der Waals surface area contributed by atoms with Crippen molar-refractivity contribution in [3.63, 3.8) is 0 Å². The molecule has 0 saturated carbocycles. The van der Waals surface area contributed by atoms with Gasteiger partial charge in [-0.1, -0.05) is 6.92 Å². The van der Waals surface area contributed by atoms with Gasteiger partial charge < -0.3 is 4.90 Å². The summed E-state index contributed by atoms with van der Waals surface area (Å²) in [5, 5.41) is 0. The third kappa shape index (κ3) is 1.89. The molecule has 2 aliphatic heterocycles. The molecule has 1 aromatic rings. The normalized spacial score (nSPS) is 26.8. The number of benzene rings is 1. The number of halogens is 1. The maximum absolute atomic E-state index is 12.9. The lowest BCUT2D eigenvalue weighted by Crippen LogP contribution is -2.41. The average Bonchev–Trinajstić information content (AvgIpc) is 2.63. The minimum absolute atomic E-state index is 0.192. The van der Waals surface area contributed by atoms with Crippen molar-refractivity contribution < 1.29 is 14.0 Å². The second kappa shape index (κ2) is 4.33. The first-order chi connectivity index (χ1) is 9.08. The minimum Gasteiger partial charge on any atom is -0.312 e. The third-order valence-electron chi connectivity index (χ3n) is 3.89. The first kappa shape index (κ1) is 12.1. The van der Waals surface area contributed by atoms with E-state index >= 15 is 0 Å². The molecule has 2 fully saturated rings. The van der Waals surface area contributed by atoms with Crippen LogP contribution in [-0.4, -0.2) is 29.4 Å². The highest BCUT2D eigenvalue weighted by Crippen LogP contribution is 2.32. The number of nitrogens with zero attached hydrogens (tertiary/aromatic N) is 2. The highest BCUT2D eigenvalue weighted by Gasteiger charge is 2.47. The Morgan fingerprint density at radius 2 is 1.89 bits per heavy atom. The molecule has 0 aromatic heterocycles. The number of carbonyl (C=O) groups excluding carboxylic acids is 2. The van der Waals surface area contributed by atoms with E-state index in [-0.39, 0.29) is 23.8 Å². The Kier molecular flexibility index (Phi) is 2.77. The van der Waals surface area contributed by atoms with Gasteiger partial charge in [0.1, 0.15) is 11.9 Å². The van der Waals surface area contributed by atoms with Crippen LogP contribution in [0.15, 0.2) is 24.3 Å². The van der Waals surface area contributed by atoms with Crippen molar-refractivity contribution >= 4 is 17.6 Å². The largest absolute Gasteiger partial charge is 0.332 e. The molecule has 3 amide bonds. The number of fused-ring (bicyclic) bond motifs is 1. The van der Waals surface area contributed by atoms with Gasteiger partial charge in [-0.3, -0.25) is 4.79 Å². The summed E-state index contributed by atoms with van der Waals surface area (Å²) in [5.74, 6) is -0.122. The Hall–Kier alpha value is -1.91. The molecule has 0 spiro atoms. The van der Waals surface area contributed by atoms with Crippen molar-refractivity contribution in [1.29, 1.82) is 0 Å². The molecule has 19 heavy (non-hydrogen) atoms. The molecule has 0 N–H and O–H groups in total. The average molecular weight is 262 g/mol. The summed E-state index contributed by atoms with van der Waals surface area (Å²) in [6.45, 7) is 2.71. The van der Waals surface area contributed by atoms with E-state index in [2.05, 4.69) is 6.92 Å². The number of amides is 3. The monoisotopic (exact) mass is 262 g/mol. The smallest absolute Gasteiger partial charge is 0.312 e. The van der Waals surface area contributed by atoms with Gasteiger partial charge in [-0.2, -0.15) is 0 Å². The van der Waals surface area contributed by atoms with Crippen LogP contribution in [-0.2, 0) is 4.79 Å². The zero-order valence-electron chi connectivity index (χ0n) is 10.7. The number of urea groups is 1. The second-order valence-corrected chi connectivity index (χ2v) is 5.27. The Morgan fingerprint density at radius 1 is 1.21 bits per heavy atom. The first-order valence-electron chi connectivity index (χ1n) is 6.48. The zero-order chi connectivity index (χ0) is 13.6. The summed E-state index contributed by atoms with van der Waals surface area (Å²) < 4.78 is 12.9. The van der Waals surface area contributed by atoms with Crippen LogP contribution in [0.5, 0.6) is 0 Å². The van der Waals surface area contributed by atoms with Crippen molar-refractivity contribution in [3.05, 3.63) is 30.1 Å². The molecule has 1 aromatic carbocycles. The van der Waals surface area contributed by atoms with E-state index in [0.717, 1.165) is 6.42 Å². The summed E-state index contributed by atoms with van der Waals surface area (Å²) in [6, 6.07) is 4.82. The highest BCUT2D eigenvalue weighted by molar-refractivity contribution is 6.21. The van der Waals surface area contributed by atoms with E-state index in [4.69, 9.17) is 0 Å². The maximum atomic E-state index is 12.9. The standard InChI is InChI=1S/C14H15FN2O2/c1-9-6-7-16-12(8-9)13(18)17(14(16)19)11-4-2-10(15)3-5-11/h2-5,9,12H,6-8H2,1H3. The van der Waals surface area contributed by atoms with Crippen molar-refractivity contribution in [2.45, 2.75) is 25.8 Å². The molecule has 4 nitrogen and oxygen atoms in total. The molecule has 0 radical (unpaired) electrons. The summed E-state index contributed by atoms with van der Waals surface area (Å²) in [7, 11) is 0. The van der Waals surface area contributed by atoms with Crippen LogP contribution in [0.2, 0.25) is 0 Å². The first-order valence-corrected chi connectivity index (χ1v) is 6.48. The van der Waals surface area contributed by atoms with Gasteiger partial charge in [0.05, 0.1) is 5.69 Å². The van der Waals surface area contributed by atoms with E-state index in [9.17, 15) is 14.0 Å². The van der Waals surface area contributed by atoms with Gasteiger partial charge in [-0.05, 0) is 43.0 Å². The summed E-state index contributed by atoms with van der Waals surface area (Å²) >= 11 is 0. The summed E-state index contributed by atoms with van der Waals surface area (Å²) in [6.07, 6.45) is 1.63. The maximum Gasteiger partial charge on any atom is 0.332 e. The van der Waals surface area contributed by atoms with Crippen molar-refractivity contribution in [1.82, 2.24) is 4.90 Å². The number of piperidine rings is 1. The predicted octanol–water partition coefficient (Wildman–Crippen LogP) is 2.39. The van der Waals surface area contributed by atoms with Crippen LogP contribution in [0.25, 0.3) is 0 Å². The number of rotatable bonds is 1. The molecule has 5 heteroatoms. The minimum atomic E-state index is -0.380. The fraction of sp³-hybridized carbons (Fsp3) is 0.429. The van der Waals surface area contributed by atoms with Crippen molar-refractivity contribution in [2.24, 2.45) is 5.92 Å². The number of imide groups is 1. The topological polar surface area (TPSA) is 40.6 Å². The Morgan fingerprint density at radius 3 is 2.58 bits per heavy atom. The van der Waals surface area contributed by atoms with E-state index in [1.807, 2.05) is 0 Å². The molecule has 100 valence electrons. The molecule has 0 aliphatic carbocycles. The van der Waals surface area contributed by atoms with E-state index < -0.39 is 0 Å². The summed E-state index contributed by atoms with van der Waals surface area (Å²) in [4.78, 5) is 27.4. The lowest BCUT2D eigenvalue weighted by atomic mass is 9.93. The van der Waals surface area contributed by atoms with Crippen LogP contribution < -0.4 is 4.90 Å². The summed E-state index contributed by atoms with van der Waals surface area (Å²) in [5.41, 5.74) is 0.443. The van der Waals surface area contributed by atoms with E-state index in [0.29, 0.717) is 24.6 Å².